The first-order valence-electron chi connectivity index (χ1n) is 6.28. The van der Waals surface area contributed by atoms with E-state index in [1.807, 2.05) is 62.5 Å². The molecule has 0 aliphatic rings. The molecule has 0 aliphatic heterocycles. The molecule has 0 radical (unpaired) electrons. The van der Waals surface area contributed by atoms with Gasteiger partial charge in [0, 0.05) is 24.4 Å². The third-order valence-corrected chi connectivity index (χ3v) is 2.93. The Labute approximate surface area is 113 Å². The van der Waals surface area contributed by atoms with Crippen LogP contribution in [0.2, 0.25) is 0 Å². The number of para-hydroxylation sites is 1. The van der Waals surface area contributed by atoms with Gasteiger partial charge in [-0.2, -0.15) is 0 Å². The van der Waals surface area contributed by atoms with Gasteiger partial charge in [-0.15, -0.1) is 0 Å². The van der Waals surface area contributed by atoms with Crippen molar-refractivity contribution in [3.8, 4) is 11.6 Å². The Morgan fingerprint density at radius 3 is 2.68 bits per heavy atom. The fourth-order valence-electron chi connectivity index (χ4n) is 1.73. The Balaban J connectivity index is 2.15. The Morgan fingerprint density at radius 2 is 2.05 bits per heavy atom. The second kappa shape index (κ2) is 6.05. The molecule has 0 unspecified atom stereocenters. The molecule has 2 N–H and O–H groups in total. The van der Waals surface area contributed by atoms with E-state index in [0.29, 0.717) is 5.88 Å². The van der Waals surface area contributed by atoms with Crippen molar-refractivity contribution in [3.05, 3.63) is 65.5 Å². The van der Waals surface area contributed by atoms with Gasteiger partial charge in [0.25, 0.3) is 0 Å². The molecular weight excluding hydrogens is 236 g/mol. The Bertz CT molecular complexity index is 577. The number of aromatic nitrogens is 1. The van der Waals surface area contributed by atoms with Crippen molar-refractivity contribution in [3.63, 3.8) is 0 Å². The molecule has 3 heteroatoms. The summed E-state index contributed by atoms with van der Waals surface area (Å²) < 4.78 is 5.69. The van der Waals surface area contributed by atoms with Crippen molar-refractivity contribution in [2.75, 3.05) is 0 Å². The third-order valence-electron chi connectivity index (χ3n) is 2.93. The zero-order chi connectivity index (χ0) is 13.7. The molecule has 1 heterocycles. The van der Waals surface area contributed by atoms with Gasteiger partial charge in [0.1, 0.15) is 5.75 Å². The summed E-state index contributed by atoms with van der Waals surface area (Å²) in [5.74, 6) is 1.39. The second-order valence-corrected chi connectivity index (χ2v) is 4.40. The number of benzene rings is 1. The van der Waals surface area contributed by atoms with Gasteiger partial charge in [-0.25, -0.2) is 4.98 Å². The van der Waals surface area contributed by atoms with Gasteiger partial charge in [0.2, 0.25) is 5.88 Å². The van der Waals surface area contributed by atoms with Crippen LogP contribution < -0.4 is 10.5 Å². The molecule has 19 heavy (non-hydrogen) atoms. The van der Waals surface area contributed by atoms with Gasteiger partial charge in [-0.05, 0) is 37.1 Å². The van der Waals surface area contributed by atoms with Crippen molar-refractivity contribution >= 4 is 0 Å². The number of hydrogen-bond acceptors (Lipinski definition) is 3. The Hall–Kier alpha value is -2.29. The topological polar surface area (TPSA) is 48.1 Å². The summed E-state index contributed by atoms with van der Waals surface area (Å²) in [6, 6.07) is 11.6. The molecule has 98 valence electrons. The number of rotatable bonds is 4. The fraction of sp³-hybridized carbons (Fsp3) is 0.188. The second-order valence-electron chi connectivity index (χ2n) is 4.40. The van der Waals surface area contributed by atoms with Crippen molar-refractivity contribution in [2.45, 2.75) is 20.3 Å². The van der Waals surface area contributed by atoms with Gasteiger partial charge in [0.05, 0.1) is 0 Å². The number of ether oxygens (including phenoxy) is 1. The lowest BCUT2D eigenvalue weighted by molar-refractivity contribution is 0.462. The summed E-state index contributed by atoms with van der Waals surface area (Å²) >= 11 is 0. The number of allylic oxidation sites excluding steroid dienone is 2. The van der Waals surface area contributed by atoms with Crippen molar-refractivity contribution in [1.29, 1.82) is 0 Å². The molecule has 0 saturated heterocycles. The summed E-state index contributed by atoms with van der Waals surface area (Å²) in [4.78, 5) is 4.32. The van der Waals surface area contributed by atoms with E-state index in [4.69, 9.17) is 10.5 Å². The molecule has 2 aromatic rings. The quantitative estimate of drug-likeness (QED) is 0.907. The number of aryl methyl sites for hydroxylation is 1. The van der Waals surface area contributed by atoms with Crippen LogP contribution in [0.25, 0.3) is 0 Å². The Morgan fingerprint density at radius 1 is 1.32 bits per heavy atom. The fourth-order valence-corrected chi connectivity index (χ4v) is 1.73. The zero-order valence-corrected chi connectivity index (χ0v) is 11.3. The molecule has 0 spiro atoms. The predicted molar refractivity (Wildman–Crippen MR) is 77.1 cm³/mol. The van der Waals surface area contributed by atoms with Crippen LogP contribution in [0.5, 0.6) is 11.6 Å². The van der Waals surface area contributed by atoms with E-state index in [1.165, 1.54) is 0 Å². The number of pyridine rings is 1. The first-order chi connectivity index (χ1) is 9.19. The first-order valence-corrected chi connectivity index (χ1v) is 6.28. The summed E-state index contributed by atoms with van der Waals surface area (Å²) in [6.07, 6.45) is 4.46. The van der Waals surface area contributed by atoms with Gasteiger partial charge in [-0.1, -0.05) is 24.3 Å². The van der Waals surface area contributed by atoms with Gasteiger partial charge in [0.15, 0.2) is 0 Å². The van der Waals surface area contributed by atoms with E-state index in [0.717, 1.165) is 29.0 Å². The third kappa shape index (κ3) is 3.58. The minimum atomic E-state index is 0.603. The SMILES string of the molecule is C/C=C(\N)Cc1cnc(Oc2ccccc2)cc1C. The first kappa shape index (κ1) is 13.1. The highest BCUT2D eigenvalue weighted by Crippen LogP contribution is 2.21. The molecule has 0 saturated carbocycles. The largest absolute Gasteiger partial charge is 0.439 e. The summed E-state index contributed by atoms with van der Waals surface area (Å²) in [6.45, 7) is 3.97. The van der Waals surface area contributed by atoms with Crippen LogP contribution in [0, 0.1) is 6.92 Å². The van der Waals surface area contributed by atoms with Gasteiger partial charge >= 0.3 is 0 Å². The van der Waals surface area contributed by atoms with Crippen LogP contribution >= 0.6 is 0 Å². The summed E-state index contributed by atoms with van der Waals surface area (Å²) in [5, 5.41) is 0. The van der Waals surface area contributed by atoms with E-state index in [9.17, 15) is 0 Å². The highest BCUT2D eigenvalue weighted by Gasteiger charge is 2.04. The summed E-state index contributed by atoms with van der Waals surface area (Å²) in [5.41, 5.74) is 8.94. The maximum absolute atomic E-state index is 5.84. The molecule has 1 aromatic heterocycles. The van der Waals surface area contributed by atoms with E-state index in [2.05, 4.69) is 4.98 Å². The molecular formula is C16H18N2O. The lowest BCUT2D eigenvalue weighted by Crippen LogP contribution is -2.03. The minimum absolute atomic E-state index is 0.603. The van der Waals surface area contributed by atoms with E-state index in [-0.39, 0.29) is 0 Å². The lowest BCUT2D eigenvalue weighted by atomic mass is 10.1. The number of hydrogen-bond donors (Lipinski definition) is 1. The Kier molecular flexibility index (Phi) is 4.18. The van der Waals surface area contributed by atoms with Crippen LogP contribution in [0.15, 0.2) is 54.4 Å². The normalized spacial score (nSPS) is 11.4. The number of nitrogens with zero attached hydrogens (tertiary/aromatic N) is 1. The standard InChI is InChI=1S/C16H18N2O/c1-3-14(17)10-13-11-18-16(9-12(13)2)19-15-7-5-4-6-8-15/h3-9,11H,10,17H2,1-2H3/b14-3-. The van der Waals surface area contributed by atoms with E-state index in [1.54, 1.807) is 0 Å². The van der Waals surface area contributed by atoms with Gasteiger partial charge < -0.3 is 10.5 Å². The monoisotopic (exact) mass is 254 g/mol. The average Bonchev–Trinajstić information content (AvgIpc) is 2.43. The van der Waals surface area contributed by atoms with Crippen LogP contribution in [0.1, 0.15) is 18.1 Å². The molecule has 3 nitrogen and oxygen atoms in total. The molecule has 0 aliphatic carbocycles. The highest BCUT2D eigenvalue weighted by atomic mass is 16.5. The van der Waals surface area contributed by atoms with E-state index >= 15 is 0 Å². The summed E-state index contributed by atoms with van der Waals surface area (Å²) in [7, 11) is 0. The predicted octanol–water partition coefficient (Wildman–Crippen LogP) is 3.59. The molecule has 0 fully saturated rings. The van der Waals surface area contributed by atoms with Crippen LogP contribution in [0.4, 0.5) is 0 Å². The maximum Gasteiger partial charge on any atom is 0.219 e. The van der Waals surface area contributed by atoms with Crippen molar-refractivity contribution < 1.29 is 4.74 Å². The van der Waals surface area contributed by atoms with E-state index < -0.39 is 0 Å². The van der Waals surface area contributed by atoms with Crippen molar-refractivity contribution in [2.24, 2.45) is 5.73 Å². The average molecular weight is 254 g/mol. The van der Waals surface area contributed by atoms with Gasteiger partial charge in [-0.3, -0.25) is 0 Å². The molecule has 0 amide bonds. The number of nitrogens with two attached hydrogens (primary N) is 1. The molecule has 0 atom stereocenters. The van der Waals surface area contributed by atoms with Crippen molar-refractivity contribution in [1.82, 2.24) is 4.98 Å². The lowest BCUT2D eigenvalue weighted by Gasteiger charge is -2.09. The maximum atomic E-state index is 5.84. The van der Waals surface area contributed by atoms with Crippen LogP contribution in [0.3, 0.4) is 0 Å². The zero-order valence-electron chi connectivity index (χ0n) is 11.3. The molecule has 0 bridgehead atoms. The molecule has 2 rings (SSSR count). The van der Waals surface area contributed by atoms with Crippen LogP contribution in [-0.2, 0) is 6.42 Å². The molecule has 1 aromatic carbocycles. The smallest absolute Gasteiger partial charge is 0.219 e. The minimum Gasteiger partial charge on any atom is -0.439 e. The van der Waals surface area contributed by atoms with Crippen LogP contribution in [-0.4, -0.2) is 4.98 Å². The highest BCUT2D eigenvalue weighted by molar-refractivity contribution is 5.33.